The average Bonchev–Trinajstić information content (AvgIpc) is 3.05. The van der Waals surface area contributed by atoms with Crippen molar-refractivity contribution in [2.75, 3.05) is 0 Å². The Morgan fingerprint density at radius 2 is 1.76 bits per heavy atom. The quantitative estimate of drug-likeness (QED) is 0.426. The lowest BCUT2D eigenvalue weighted by Gasteiger charge is -2.08. The lowest BCUT2D eigenvalue weighted by molar-refractivity contribution is 0.101. The van der Waals surface area contributed by atoms with Crippen molar-refractivity contribution in [3.63, 3.8) is 0 Å². The predicted octanol–water partition coefficient (Wildman–Crippen LogP) is 6.74. The van der Waals surface area contributed by atoms with Crippen LogP contribution in [0.5, 0.6) is 11.5 Å². The molecular weight excluding hydrogens is 407 g/mol. The maximum absolute atomic E-state index is 12.5. The van der Waals surface area contributed by atoms with Gasteiger partial charge in [-0.2, -0.15) is 0 Å². The molecule has 3 aromatic rings. The Labute approximate surface area is 178 Å². The molecule has 0 atom stereocenters. The molecule has 0 radical (unpaired) electrons. The molecule has 0 aromatic heterocycles. The number of rotatable bonds is 5. The van der Waals surface area contributed by atoms with Crippen LogP contribution in [0.15, 0.2) is 84.6 Å². The number of hydrogen-bond acceptors (Lipinski definition) is 3. The fourth-order valence-electron chi connectivity index (χ4n) is 2.88. The number of fused-ring (bicyclic) bond motifs is 1. The van der Waals surface area contributed by atoms with Crippen LogP contribution in [0.3, 0.4) is 0 Å². The van der Waals surface area contributed by atoms with E-state index in [1.165, 1.54) is 0 Å². The molecule has 1 aliphatic heterocycles. The summed E-state index contributed by atoms with van der Waals surface area (Å²) in [4.78, 5) is 12.5. The minimum absolute atomic E-state index is 0.145. The highest BCUT2D eigenvalue weighted by molar-refractivity contribution is 6.42. The second kappa shape index (κ2) is 8.56. The van der Waals surface area contributed by atoms with E-state index in [1.807, 2.05) is 42.5 Å². The number of hydrogen-bond donors (Lipinski definition) is 0. The molecule has 0 amide bonds. The number of ketones is 1. The molecule has 0 fully saturated rings. The molecule has 5 heteroatoms. The minimum atomic E-state index is -0.145. The molecule has 1 aliphatic rings. The zero-order chi connectivity index (χ0) is 20.2. The predicted molar refractivity (Wildman–Crippen MR) is 116 cm³/mol. The number of carbonyl (C=O) groups is 1. The Kier molecular flexibility index (Phi) is 5.70. The molecule has 0 saturated carbocycles. The minimum Gasteiger partial charge on any atom is -0.489 e. The average molecular weight is 423 g/mol. The van der Waals surface area contributed by atoms with E-state index < -0.39 is 0 Å². The molecule has 29 heavy (non-hydrogen) atoms. The first-order valence-corrected chi connectivity index (χ1v) is 9.72. The zero-order valence-corrected chi connectivity index (χ0v) is 16.8. The van der Waals surface area contributed by atoms with Gasteiger partial charge in [-0.3, -0.25) is 4.79 Å². The van der Waals surface area contributed by atoms with Gasteiger partial charge in [-0.15, -0.1) is 0 Å². The Morgan fingerprint density at radius 3 is 2.55 bits per heavy atom. The van der Waals surface area contributed by atoms with Gasteiger partial charge in [-0.05, 0) is 41.5 Å². The van der Waals surface area contributed by atoms with Gasteiger partial charge < -0.3 is 9.47 Å². The third-order valence-electron chi connectivity index (χ3n) is 4.37. The number of allylic oxidation sites excluding steroid dienone is 3. The van der Waals surface area contributed by atoms with Gasteiger partial charge >= 0.3 is 0 Å². The molecule has 1 heterocycles. The Balaban J connectivity index is 1.44. The summed E-state index contributed by atoms with van der Waals surface area (Å²) in [6, 6.07) is 20.4. The SMILES string of the molecule is O=C1/C(=C/C=C/c2ccccc2)Oc2cc(OCc3ccc(Cl)c(Cl)c3)ccc21. The molecule has 144 valence electrons. The molecule has 0 unspecified atom stereocenters. The van der Waals surface area contributed by atoms with Gasteiger partial charge in [0.15, 0.2) is 5.76 Å². The maximum Gasteiger partial charge on any atom is 0.231 e. The number of halogens is 2. The Bertz CT molecular complexity index is 1120. The van der Waals surface area contributed by atoms with Crippen LogP contribution in [-0.4, -0.2) is 5.78 Å². The van der Waals surface area contributed by atoms with Gasteiger partial charge in [-0.1, -0.05) is 71.8 Å². The first-order chi connectivity index (χ1) is 14.1. The lowest BCUT2D eigenvalue weighted by atomic mass is 10.1. The van der Waals surface area contributed by atoms with Gasteiger partial charge in [0.25, 0.3) is 0 Å². The smallest absolute Gasteiger partial charge is 0.231 e. The van der Waals surface area contributed by atoms with E-state index in [4.69, 9.17) is 32.7 Å². The fraction of sp³-hybridized carbons (Fsp3) is 0.0417. The van der Waals surface area contributed by atoms with Crippen LogP contribution in [-0.2, 0) is 6.61 Å². The third-order valence-corrected chi connectivity index (χ3v) is 5.11. The van der Waals surface area contributed by atoms with Crippen molar-refractivity contribution >= 4 is 35.1 Å². The number of carbonyl (C=O) groups excluding carboxylic acids is 1. The van der Waals surface area contributed by atoms with Crippen LogP contribution in [0.1, 0.15) is 21.5 Å². The lowest BCUT2D eigenvalue weighted by Crippen LogP contribution is -1.97. The summed E-state index contributed by atoms with van der Waals surface area (Å²) in [5, 5.41) is 0.981. The summed E-state index contributed by atoms with van der Waals surface area (Å²) in [6.45, 7) is 0.326. The molecule has 0 bridgehead atoms. The third kappa shape index (κ3) is 4.53. The second-order valence-electron chi connectivity index (χ2n) is 6.43. The van der Waals surface area contributed by atoms with Crippen LogP contribution >= 0.6 is 23.2 Å². The van der Waals surface area contributed by atoms with E-state index in [0.717, 1.165) is 11.1 Å². The molecule has 0 N–H and O–H groups in total. The van der Waals surface area contributed by atoms with Gasteiger partial charge in [0, 0.05) is 6.07 Å². The van der Waals surface area contributed by atoms with E-state index in [1.54, 1.807) is 42.5 Å². The van der Waals surface area contributed by atoms with Crippen molar-refractivity contribution in [2.45, 2.75) is 6.61 Å². The molecule has 4 rings (SSSR count). The van der Waals surface area contributed by atoms with Crippen molar-refractivity contribution in [1.82, 2.24) is 0 Å². The molecule has 3 nitrogen and oxygen atoms in total. The summed E-state index contributed by atoms with van der Waals surface area (Å²) in [6.07, 6.45) is 5.39. The van der Waals surface area contributed by atoms with Gasteiger partial charge in [-0.25, -0.2) is 0 Å². The number of ether oxygens (including phenoxy) is 2. The van der Waals surface area contributed by atoms with E-state index in [9.17, 15) is 4.79 Å². The molecular formula is C24H16Cl2O3. The maximum atomic E-state index is 12.5. The van der Waals surface area contributed by atoms with Crippen molar-refractivity contribution in [3.05, 3.63) is 111 Å². The first kappa shape index (κ1) is 19.3. The summed E-state index contributed by atoms with van der Waals surface area (Å²) < 4.78 is 11.5. The van der Waals surface area contributed by atoms with E-state index in [-0.39, 0.29) is 11.5 Å². The standard InChI is InChI=1S/C24H16Cl2O3/c25-20-12-9-17(13-21(20)26)15-28-18-10-11-19-23(14-18)29-22(24(19)27)8-4-7-16-5-2-1-3-6-16/h1-14H,15H2/b7-4+,22-8-. The Morgan fingerprint density at radius 1 is 0.931 bits per heavy atom. The van der Waals surface area contributed by atoms with Crippen molar-refractivity contribution in [1.29, 1.82) is 0 Å². The fourth-order valence-corrected chi connectivity index (χ4v) is 3.20. The summed E-state index contributed by atoms with van der Waals surface area (Å²) in [5.41, 5.74) is 2.46. The topological polar surface area (TPSA) is 35.5 Å². The highest BCUT2D eigenvalue weighted by atomic mass is 35.5. The van der Waals surface area contributed by atoms with Crippen LogP contribution < -0.4 is 9.47 Å². The number of benzene rings is 3. The van der Waals surface area contributed by atoms with Crippen molar-refractivity contribution < 1.29 is 14.3 Å². The monoisotopic (exact) mass is 422 g/mol. The van der Waals surface area contributed by atoms with Crippen molar-refractivity contribution in [3.8, 4) is 11.5 Å². The highest BCUT2D eigenvalue weighted by Crippen LogP contribution is 2.34. The first-order valence-electron chi connectivity index (χ1n) is 8.97. The normalized spacial score (nSPS) is 14.3. The van der Waals surface area contributed by atoms with Gasteiger partial charge in [0.1, 0.15) is 18.1 Å². The van der Waals surface area contributed by atoms with Crippen LogP contribution in [0.25, 0.3) is 6.08 Å². The van der Waals surface area contributed by atoms with Crippen LogP contribution in [0, 0.1) is 0 Å². The summed E-state index contributed by atoms with van der Waals surface area (Å²) >= 11 is 12.0. The van der Waals surface area contributed by atoms with Gasteiger partial charge in [0.05, 0.1) is 15.6 Å². The van der Waals surface area contributed by atoms with Crippen molar-refractivity contribution in [2.24, 2.45) is 0 Å². The largest absolute Gasteiger partial charge is 0.489 e. The second-order valence-corrected chi connectivity index (χ2v) is 7.24. The van der Waals surface area contributed by atoms with Gasteiger partial charge in [0.2, 0.25) is 5.78 Å². The van der Waals surface area contributed by atoms with Crippen LogP contribution in [0.2, 0.25) is 10.0 Å². The van der Waals surface area contributed by atoms with E-state index >= 15 is 0 Å². The number of Topliss-reactive ketones (excluding diaryl/α,β-unsaturated/α-hetero) is 1. The molecule has 0 saturated heterocycles. The molecule has 0 spiro atoms. The summed E-state index contributed by atoms with van der Waals surface area (Å²) in [5.74, 6) is 1.23. The van der Waals surface area contributed by atoms with E-state index in [0.29, 0.717) is 33.7 Å². The Hall–Kier alpha value is -3.01. The highest BCUT2D eigenvalue weighted by Gasteiger charge is 2.27. The summed E-state index contributed by atoms with van der Waals surface area (Å²) in [7, 11) is 0. The van der Waals surface area contributed by atoms with E-state index in [2.05, 4.69) is 0 Å². The van der Waals surface area contributed by atoms with Crippen LogP contribution in [0.4, 0.5) is 0 Å². The molecule has 3 aromatic carbocycles. The molecule has 0 aliphatic carbocycles. The zero-order valence-electron chi connectivity index (χ0n) is 15.3.